The molecule has 0 fully saturated rings. The van der Waals surface area contributed by atoms with Crippen molar-refractivity contribution in [3.05, 3.63) is 18.2 Å². The number of benzene rings is 1. The lowest BCUT2D eigenvalue weighted by Crippen LogP contribution is -2.17. The molecule has 0 radical (unpaired) electrons. The second-order valence-corrected chi connectivity index (χ2v) is 2.45. The maximum absolute atomic E-state index is 11.8. The van der Waals surface area contributed by atoms with E-state index in [4.69, 9.17) is 10.5 Å². The van der Waals surface area contributed by atoms with Crippen LogP contribution in [0.25, 0.3) is 0 Å². The van der Waals surface area contributed by atoms with Crippen LogP contribution in [0.4, 0.5) is 18.9 Å². The van der Waals surface area contributed by atoms with Crippen molar-refractivity contribution in [2.75, 3.05) is 12.8 Å². The van der Waals surface area contributed by atoms with Crippen LogP contribution in [0.5, 0.6) is 11.5 Å². The monoisotopic (exact) mass is 243 g/mol. The predicted octanol–water partition coefficient (Wildman–Crippen LogP) is 2.60. The summed E-state index contributed by atoms with van der Waals surface area (Å²) < 4.78 is 43.8. The van der Waals surface area contributed by atoms with E-state index in [-0.39, 0.29) is 18.1 Å². The van der Waals surface area contributed by atoms with E-state index in [0.717, 1.165) is 6.07 Å². The number of hydrogen-bond donors (Lipinski definition) is 1. The Morgan fingerprint density at radius 3 is 2.27 bits per heavy atom. The fraction of sp³-hybridized carbons (Fsp3) is 0.250. The third kappa shape index (κ3) is 4.16. The Balaban J connectivity index is 0.00000196. The summed E-state index contributed by atoms with van der Waals surface area (Å²) in [6.07, 6.45) is -4.73. The van der Waals surface area contributed by atoms with Crippen LogP contribution in [0, 0.1) is 0 Å². The van der Waals surface area contributed by atoms with Gasteiger partial charge in [-0.15, -0.1) is 25.6 Å². The third-order valence-electron chi connectivity index (χ3n) is 1.44. The maximum Gasteiger partial charge on any atom is 0.573 e. The number of nitrogens with two attached hydrogens (primary N) is 1. The van der Waals surface area contributed by atoms with Gasteiger partial charge in [0.25, 0.3) is 0 Å². The molecule has 0 atom stereocenters. The Morgan fingerprint density at radius 1 is 1.27 bits per heavy atom. The van der Waals surface area contributed by atoms with Gasteiger partial charge >= 0.3 is 6.36 Å². The average molecular weight is 244 g/mol. The number of alkyl halides is 3. The Hall–Kier alpha value is -1.30. The quantitative estimate of drug-likeness (QED) is 0.812. The van der Waals surface area contributed by atoms with Crippen LogP contribution in [0.3, 0.4) is 0 Å². The first-order chi connectivity index (χ1) is 6.42. The van der Waals surface area contributed by atoms with Crippen molar-refractivity contribution in [3.63, 3.8) is 0 Å². The first-order valence-electron chi connectivity index (χ1n) is 3.61. The summed E-state index contributed by atoms with van der Waals surface area (Å²) in [6, 6.07) is 3.68. The van der Waals surface area contributed by atoms with Gasteiger partial charge in [0.1, 0.15) is 5.75 Å². The minimum absolute atomic E-state index is 0. The van der Waals surface area contributed by atoms with Crippen molar-refractivity contribution >= 4 is 18.1 Å². The first-order valence-corrected chi connectivity index (χ1v) is 3.61. The summed E-state index contributed by atoms with van der Waals surface area (Å²) in [6.45, 7) is 0. The molecule has 1 rings (SSSR count). The summed E-state index contributed by atoms with van der Waals surface area (Å²) in [4.78, 5) is 0. The maximum atomic E-state index is 11.8. The van der Waals surface area contributed by atoms with Crippen LogP contribution in [-0.4, -0.2) is 13.5 Å². The van der Waals surface area contributed by atoms with Crippen LogP contribution in [0.1, 0.15) is 0 Å². The summed E-state index contributed by atoms with van der Waals surface area (Å²) in [7, 11) is 1.39. The fourth-order valence-electron chi connectivity index (χ4n) is 0.871. The lowest BCUT2D eigenvalue weighted by molar-refractivity contribution is -0.274. The summed E-state index contributed by atoms with van der Waals surface area (Å²) in [5, 5.41) is 0. The zero-order chi connectivity index (χ0) is 10.8. The normalized spacial score (nSPS) is 10.4. The topological polar surface area (TPSA) is 44.5 Å². The average Bonchev–Trinajstić information content (AvgIpc) is 2.06. The van der Waals surface area contributed by atoms with Crippen molar-refractivity contribution in [2.24, 2.45) is 0 Å². The van der Waals surface area contributed by atoms with Crippen LogP contribution in [0.15, 0.2) is 18.2 Å². The molecule has 15 heavy (non-hydrogen) atoms. The molecule has 0 aliphatic rings. The third-order valence-corrected chi connectivity index (χ3v) is 1.44. The van der Waals surface area contributed by atoms with E-state index < -0.39 is 12.1 Å². The Kier molecular flexibility index (Phi) is 4.54. The molecule has 86 valence electrons. The molecule has 0 aromatic heterocycles. The highest BCUT2D eigenvalue weighted by Crippen LogP contribution is 2.30. The van der Waals surface area contributed by atoms with Crippen molar-refractivity contribution in [3.8, 4) is 11.5 Å². The van der Waals surface area contributed by atoms with Gasteiger partial charge in [-0.05, 0) is 12.1 Å². The lowest BCUT2D eigenvalue weighted by atomic mass is 10.3. The number of anilines is 1. The molecule has 1 aromatic carbocycles. The Labute approximate surface area is 90.4 Å². The highest BCUT2D eigenvalue weighted by atomic mass is 35.5. The predicted molar refractivity (Wildman–Crippen MR) is 51.3 cm³/mol. The summed E-state index contributed by atoms with van der Waals surface area (Å²) >= 11 is 0. The van der Waals surface area contributed by atoms with E-state index in [1.54, 1.807) is 0 Å². The van der Waals surface area contributed by atoms with Crippen molar-refractivity contribution in [1.82, 2.24) is 0 Å². The van der Waals surface area contributed by atoms with Gasteiger partial charge in [0, 0.05) is 6.07 Å². The van der Waals surface area contributed by atoms with Crippen molar-refractivity contribution in [2.45, 2.75) is 6.36 Å². The molecule has 2 N–H and O–H groups in total. The molecule has 0 unspecified atom stereocenters. The highest BCUT2D eigenvalue weighted by Gasteiger charge is 2.31. The second kappa shape index (κ2) is 4.97. The SMILES string of the molecule is COc1ccc(OC(F)(F)F)c(N)c1.Cl. The van der Waals surface area contributed by atoms with Crippen molar-refractivity contribution in [1.29, 1.82) is 0 Å². The number of hydrogen-bond acceptors (Lipinski definition) is 3. The van der Waals surface area contributed by atoms with Crippen LogP contribution in [0.2, 0.25) is 0 Å². The summed E-state index contributed by atoms with van der Waals surface area (Å²) in [5.74, 6) is -0.0599. The molecule has 0 aliphatic heterocycles. The molecule has 1 aromatic rings. The van der Waals surface area contributed by atoms with Gasteiger partial charge in [0.2, 0.25) is 0 Å². The van der Waals surface area contributed by atoms with E-state index in [9.17, 15) is 13.2 Å². The molecular formula is C8H9ClF3NO2. The van der Waals surface area contributed by atoms with Crippen LogP contribution in [-0.2, 0) is 0 Å². The van der Waals surface area contributed by atoms with E-state index in [0.29, 0.717) is 5.75 Å². The van der Waals surface area contributed by atoms with Crippen LogP contribution >= 0.6 is 12.4 Å². The van der Waals surface area contributed by atoms with Gasteiger partial charge in [-0.3, -0.25) is 0 Å². The van der Waals surface area contributed by atoms with E-state index in [1.807, 2.05) is 0 Å². The first kappa shape index (κ1) is 13.7. The lowest BCUT2D eigenvalue weighted by Gasteiger charge is -2.11. The molecule has 7 heteroatoms. The van der Waals surface area contributed by atoms with Gasteiger partial charge < -0.3 is 15.2 Å². The van der Waals surface area contributed by atoms with Gasteiger partial charge in [-0.2, -0.15) is 0 Å². The number of nitrogen functional groups attached to an aromatic ring is 1. The molecule has 0 saturated carbocycles. The van der Waals surface area contributed by atoms with E-state index in [1.165, 1.54) is 19.2 Å². The Bertz CT molecular complexity index is 330. The molecule has 0 amide bonds. The molecule has 0 saturated heterocycles. The number of halogens is 4. The zero-order valence-corrected chi connectivity index (χ0v) is 8.48. The zero-order valence-electron chi connectivity index (χ0n) is 7.67. The molecule has 0 spiro atoms. The van der Waals surface area contributed by atoms with Gasteiger partial charge in [0.05, 0.1) is 12.8 Å². The van der Waals surface area contributed by atoms with Crippen LogP contribution < -0.4 is 15.2 Å². The number of methoxy groups -OCH3 is 1. The number of ether oxygens (including phenoxy) is 2. The summed E-state index contributed by atoms with van der Waals surface area (Å²) in [5.41, 5.74) is 5.18. The second-order valence-electron chi connectivity index (χ2n) is 2.45. The molecule has 0 aliphatic carbocycles. The number of rotatable bonds is 2. The van der Waals surface area contributed by atoms with E-state index >= 15 is 0 Å². The Morgan fingerprint density at radius 2 is 1.87 bits per heavy atom. The highest BCUT2D eigenvalue weighted by molar-refractivity contribution is 5.85. The molecule has 0 heterocycles. The molecule has 3 nitrogen and oxygen atoms in total. The van der Waals surface area contributed by atoms with Crippen molar-refractivity contribution < 1.29 is 22.6 Å². The smallest absolute Gasteiger partial charge is 0.497 e. The van der Waals surface area contributed by atoms with Gasteiger partial charge in [0.15, 0.2) is 5.75 Å². The fourth-order valence-corrected chi connectivity index (χ4v) is 0.871. The molecular weight excluding hydrogens is 235 g/mol. The minimum Gasteiger partial charge on any atom is -0.497 e. The van der Waals surface area contributed by atoms with Gasteiger partial charge in [-0.1, -0.05) is 0 Å². The van der Waals surface area contributed by atoms with Gasteiger partial charge in [-0.25, -0.2) is 0 Å². The minimum atomic E-state index is -4.73. The standard InChI is InChI=1S/C8H8F3NO2.ClH/c1-13-5-2-3-7(6(12)4-5)14-8(9,10)11;/h2-4H,12H2,1H3;1H. The largest absolute Gasteiger partial charge is 0.573 e. The molecule has 0 bridgehead atoms. The van der Waals surface area contributed by atoms with E-state index in [2.05, 4.69) is 4.74 Å².